The Morgan fingerprint density at radius 3 is 2.63 bits per heavy atom. The lowest BCUT2D eigenvalue weighted by Gasteiger charge is -2.22. The summed E-state index contributed by atoms with van der Waals surface area (Å²) in [6.07, 6.45) is 2.31. The molecule has 1 amide bonds. The molecular weight excluding hydrogens is 244 g/mol. The van der Waals surface area contributed by atoms with Crippen LogP contribution in [0.3, 0.4) is 0 Å². The third-order valence-corrected chi connectivity index (χ3v) is 2.94. The van der Waals surface area contributed by atoms with Gasteiger partial charge in [0.1, 0.15) is 11.7 Å². The van der Waals surface area contributed by atoms with Gasteiger partial charge in [-0.15, -0.1) is 0 Å². The lowest BCUT2D eigenvalue weighted by molar-refractivity contribution is -0.146. The summed E-state index contributed by atoms with van der Waals surface area (Å²) in [7, 11) is 0. The highest BCUT2D eigenvalue weighted by molar-refractivity contribution is 5.95. The quantitative estimate of drug-likeness (QED) is 0.795. The summed E-state index contributed by atoms with van der Waals surface area (Å²) in [5, 5.41) is 2.69. The average molecular weight is 264 g/mol. The second-order valence-electron chi connectivity index (χ2n) is 4.30. The molecule has 0 bridgehead atoms. The van der Waals surface area contributed by atoms with E-state index in [4.69, 9.17) is 4.74 Å². The first kappa shape index (κ1) is 15.1. The highest BCUT2D eigenvalue weighted by atomic mass is 16.5. The molecule has 0 aliphatic heterocycles. The number of rotatable bonds is 6. The SMILES string of the molecule is CCOC(=O)[C@@H](NC(=O)c1ccccn1)[C@@H](C)CC. The van der Waals surface area contributed by atoms with E-state index in [1.165, 1.54) is 6.20 Å². The molecule has 1 aromatic heterocycles. The summed E-state index contributed by atoms with van der Waals surface area (Å²) in [4.78, 5) is 27.8. The van der Waals surface area contributed by atoms with E-state index in [0.717, 1.165) is 6.42 Å². The maximum Gasteiger partial charge on any atom is 0.328 e. The van der Waals surface area contributed by atoms with Gasteiger partial charge >= 0.3 is 5.97 Å². The number of amides is 1. The first-order valence-corrected chi connectivity index (χ1v) is 6.48. The molecule has 19 heavy (non-hydrogen) atoms. The molecule has 104 valence electrons. The number of hydrogen-bond acceptors (Lipinski definition) is 4. The molecule has 0 unspecified atom stereocenters. The largest absolute Gasteiger partial charge is 0.464 e. The summed E-state index contributed by atoms with van der Waals surface area (Å²) in [5.74, 6) is -0.758. The molecule has 1 aromatic rings. The summed E-state index contributed by atoms with van der Waals surface area (Å²) < 4.78 is 4.99. The van der Waals surface area contributed by atoms with Crippen LogP contribution in [0.1, 0.15) is 37.7 Å². The molecule has 0 aliphatic carbocycles. The Bertz CT molecular complexity index is 420. The van der Waals surface area contributed by atoms with Crippen LogP contribution in [0.4, 0.5) is 0 Å². The van der Waals surface area contributed by atoms with Crippen LogP contribution >= 0.6 is 0 Å². The van der Waals surface area contributed by atoms with Crippen LogP contribution in [0, 0.1) is 5.92 Å². The molecule has 2 atom stereocenters. The summed E-state index contributed by atoms with van der Waals surface area (Å²) in [5.41, 5.74) is 0.292. The van der Waals surface area contributed by atoms with E-state index in [1.807, 2.05) is 13.8 Å². The van der Waals surface area contributed by atoms with Crippen molar-refractivity contribution in [1.29, 1.82) is 0 Å². The standard InChI is InChI=1S/C14H20N2O3/c1-4-10(3)12(14(18)19-5-2)16-13(17)11-8-6-7-9-15-11/h6-10,12H,4-5H2,1-3H3,(H,16,17)/t10-,12-/m0/s1. The van der Waals surface area contributed by atoms with Crippen LogP contribution < -0.4 is 5.32 Å². The van der Waals surface area contributed by atoms with Crippen molar-refractivity contribution in [1.82, 2.24) is 10.3 Å². The van der Waals surface area contributed by atoms with Gasteiger partial charge in [-0.25, -0.2) is 4.79 Å². The number of carbonyl (C=O) groups is 2. The molecule has 5 heteroatoms. The normalized spacial score (nSPS) is 13.4. The minimum atomic E-state index is -0.639. The zero-order chi connectivity index (χ0) is 14.3. The van der Waals surface area contributed by atoms with E-state index in [1.54, 1.807) is 25.1 Å². The lowest BCUT2D eigenvalue weighted by Crippen LogP contribution is -2.46. The topological polar surface area (TPSA) is 68.3 Å². The number of nitrogens with one attached hydrogen (secondary N) is 1. The number of aromatic nitrogens is 1. The van der Waals surface area contributed by atoms with Gasteiger partial charge in [0.05, 0.1) is 6.61 Å². The van der Waals surface area contributed by atoms with Crippen LogP contribution in [-0.4, -0.2) is 29.5 Å². The van der Waals surface area contributed by atoms with Crippen molar-refractivity contribution >= 4 is 11.9 Å². The van der Waals surface area contributed by atoms with Crippen molar-refractivity contribution in [2.45, 2.75) is 33.2 Å². The van der Waals surface area contributed by atoms with Crippen molar-refractivity contribution < 1.29 is 14.3 Å². The van der Waals surface area contributed by atoms with E-state index >= 15 is 0 Å². The second kappa shape index (κ2) is 7.51. The monoisotopic (exact) mass is 264 g/mol. The van der Waals surface area contributed by atoms with E-state index in [9.17, 15) is 9.59 Å². The maximum absolute atomic E-state index is 12.0. The average Bonchev–Trinajstić information content (AvgIpc) is 2.44. The highest BCUT2D eigenvalue weighted by Gasteiger charge is 2.27. The number of ether oxygens (including phenoxy) is 1. The number of esters is 1. The first-order valence-electron chi connectivity index (χ1n) is 6.48. The molecule has 1 N–H and O–H groups in total. The van der Waals surface area contributed by atoms with E-state index < -0.39 is 12.0 Å². The van der Waals surface area contributed by atoms with Crippen LogP contribution in [-0.2, 0) is 9.53 Å². The third-order valence-electron chi connectivity index (χ3n) is 2.94. The van der Waals surface area contributed by atoms with Crippen molar-refractivity contribution in [2.75, 3.05) is 6.61 Å². The Balaban J connectivity index is 2.77. The van der Waals surface area contributed by atoms with Crippen molar-refractivity contribution in [2.24, 2.45) is 5.92 Å². The molecule has 0 spiro atoms. The Hall–Kier alpha value is -1.91. The van der Waals surface area contributed by atoms with E-state index in [2.05, 4.69) is 10.3 Å². The number of pyridine rings is 1. The summed E-state index contributed by atoms with van der Waals surface area (Å²) >= 11 is 0. The van der Waals surface area contributed by atoms with Gasteiger partial charge in [0.15, 0.2) is 0 Å². The first-order chi connectivity index (χ1) is 9.10. The Morgan fingerprint density at radius 1 is 1.37 bits per heavy atom. The molecule has 1 heterocycles. The predicted molar refractivity (Wildman–Crippen MR) is 71.6 cm³/mol. The Morgan fingerprint density at radius 2 is 2.11 bits per heavy atom. The van der Waals surface area contributed by atoms with E-state index in [0.29, 0.717) is 12.3 Å². The van der Waals surface area contributed by atoms with Crippen LogP contribution in [0.25, 0.3) is 0 Å². The molecule has 0 aromatic carbocycles. The molecule has 1 rings (SSSR count). The maximum atomic E-state index is 12.0. The van der Waals surface area contributed by atoms with Crippen LogP contribution in [0.5, 0.6) is 0 Å². The van der Waals surface area contributed by atoms with Gasteiger partial charge in [0.2, 0.25) is 0 Å². The fourth-order valence-electron chi connectivity index (χ4n) is 1.61. The van der Waals surface area contributed by atoms with Crippen molar-refractivity contribution in [3.8, 4) is 0 Å². The molecule has 5 nitrogen and oxygen atoms in total. The number of carbonyl (C=O) groups excluding carboxylic acids is 2. The fourth-order valence-corrected chi connectivity index (χ4v) is 1.61. The molecule has 0 saturated carbocycles. The van der Waals surface area contributed by atoms with Crippen molar-refractivity contribution in [3.63, 3.8) is 0 Å². The second-order valence-corrected chi connectivity index (χ2v) is 4.30. The summed E-state index contributed by atoms with van der Waals surface area (Å²) in [6, 6.07) is 4.42. The van der Waals surface area contributed by atoms with Gasteiger partial charge < -0.3 is 10.1 Å². The molecule has 0 fully saturated rings. The zero-order valence-corrected chi connectivity index (χ0v) is 11.6. The molecule has 0 saturated heterocycles. The minimum Gasteiger partial charge on any atom is -0.464 e. The van der Waals surface area contributed by atoms with Gasteiger partial charge in [-0.2, -0.15) is 0 Å². The third kappa shape index (κ3) is 4.35. The molecule has 0 radical (unpaired) electrons. The smallest absolute Gasteiger partial charge is 0.328 e. The Kier molecular flexibility index (Phi) is 5.99. The van der Waals surface area contributed by atoms with Crippen LogP contribution in [0.2, 0.25) is 0 Å². The minimum absolute atomic E-state index is 0.00622. The number of nitrogens with zero attached hydrogens (tertiary/aromatic N) is 1. The predicted octanol–water partition coefficient (Wildman–Crippen LogP) is 1.79. The van der Waals surface area contributed by atoms with Gasteiger partial charge in [0, 0.05) is 6.20 Å². The number of hydrogen-bond donors (Lipinski definition) is 1. The van der Waals surface area contributed by atoms with Gasteiger partial charge in [-0.3, -0.25) is 9.78 Å². The fraction of sp³-hybridized carbons (Fsp3) is 0.500. The molecule has 0 aliphatic rings. The van der Waals surface area contributed by atoms with Gasteiger partial charge in [-0.1, -0.05) is 26.3 Å². The Labute approximate surface area is 113 Å². The lowest BCUT2D eigenvalue weighted by atomic mass is 9.99. The van der Waals surface area contributed by atoms with Crippen LogP contribution in [0.15, 0.2) is 24.4 Å². The zero-order valence-electron chi connectivity index (χ0n) is 11.6. The van der Waals surface area contributed by atoms with Gasteiger partial charge in [-0.05, 0) is 25.0 Å². The van der Waals surface area contributed by atoms with Gasteiger partial charge in [0.25, 0.3) is 5.91 Å². The highest BCUT2D eigenvalue weighted by Crippen LogP contribution is 2.10. The van der Waals surface area contributed by atoms with Crippen molar-refractivity contribution in [3.05, 3.63) is 30.1 Å². The molecular formula is C14H20N2O3. The summed E-state index contributed by atoms with van der Waals surface area (Å²) in [6.45, 7) is 5.90. The van der Waals surface area contributed by atoms with E-state index in [-0.39, 0.29) is 11.8 Å².